The molecule has 2 N–H and O–H groups in total. The highest BCUT2D eigenvalue weighted by Crippen LogP contribution is 2.64. The standard InChI is InChI=1S/C48H78O14Si9/c1-63(40-22-4-2-5-23-40,41-24-6-3-7-25-41)51-64(42-26-8-9-27-42)52-65(43-28-10-11-29-43)54-67(45-32-14-15-33-45)55-66(53-64,44-30-12-13-31-44)58-70(48-38-20-21-39-48)60-68(56-67,46-34-16-17-35-46)59-69(57-65,47-36-18-19-37-47)61-71(49,50)62-70/h2-7,22-25,42-50H,8-21,26-39H2,1H3/t64?,65-,66+,67?,68?,69-,70+. The molecule has 6 bridgehead atoms. The first kappa shape index (κ1) is 50.3. The Morgan fingerprint density at radius 2 is 0.563 bits per heavy atom. The van der Waals surface area contributed by atoms with E-state index in [0.717, 1.165) is 190 Å². The summed E-state index contributed by atoms with van der Waals surface area (Å²) in [5.74, 6) is 0. The highest BCUT2D eigenvalue weighted by Gasteiger charge is 2.86. The van der Waals surface area contributed by atoms with Crippen LogP contribution in [0.25, 0.3) is 0 Å². The highest BCUT2D eigenvalue weighted by molar-refractivity contribution is 7.05. The summed E-state index contributed by atoms with van der Waals surface area (Å²) in [7, 11) is -38.8. The molecule has 13 rings (SSSR count). The minimum absolute atomic E-state index is 0.0750. The molecule has 0 amide bonds. The maximum absolute atomic E-state index is 13.0. The summed E-state index contributed by atoms with van der Waals surface area (Å²) >= 11 is 0. The third-order valence-electron chi connectivity index (χ3n) is 19.1. The van der Waals surface area contributed by atoms with Crippen LogP contribution in [0.1, 0.15) is 180 Å². The Hall–Kier alpha value is -0.168. The molecular formula is C48H78O14Si9. The predicted octanol–water partition coefficient (Wildman–Crippen LogP) is 10.2. The second-order valence-corrected chi connectivity index (χ2v) is 51.9. The number of fused-ring (bicyclic) bond motifs is 4. The minimum atomic E-state index is -5.24. The zero-order valence-electron chi connectivity index (χ0n) is 41.9. The van der Waals surface area contributed by atoms with E-state index >= 15 is 0 Å². The molecule has 7 atom stereocenters. The van der Waals surface area contributed by atoms with Gasteiger partial charge in [-0.25, -0.2) is 0 Å². The molecule has 390 valence electrons. The van der Waals surface area contributed by atoms with Crippen molar-refractivity contribution in [2.45, 2.75) is 225 Å². The molecule has 4 aliphatic heterocycles. The van der Waals surface area contributed by atoms with E-state index in [1.54, 1.807) is 0 Å². The molecule has 2 aromatic rings. The van der Waals surface area contributed by atoms with Crippen LogP contribution in [0.2, 0.25) is 45.3 Å². The molecule has 7 saturated carbocycles. The van der Waals surface area contributed by atoms with Crippen molar-refractivity contribution in [1.29, 1.82) is 0 Å². The fraction of sp³-hybridized carbons (Fsp3) is 0.750. The normalized spacial score (nSPS) is 41.4. The van der Waals surface area contributed by atoms with Crippen molar-refractivity contribution < 1.29 is 59.0 Å². The van der Waals surface area contributed by atoms with Gasteiger partial charge < -0.3 is 59.0 Å². The van der Waals surface area contributed by atoms with Crippen molar-refractivity contribution in [3.05, 3.63) is 60.7 Å². The lowest BCUT2D eigenvalue weighted by Crippen LogP contribution is -2.88. The van der Waals surface area contributed by atoms with E-state index in [1.165, 1.54) is 0 Å². The van der Waals surface area contributed by atoms with Gasteiger partial charge in [0.05, 0.1) is 0 Å². The molecule has 0 aromatic heterocycles. The first-order chi connectivity index (χ1) is 34.4. The Balaban J connectivity index is 1.14. The zero-order chi connectivity index (χ0) is 48.1. The maximum Gasteiger partial charge on any atom is 0.659 e. The van der Waals surface area contributed by atoms with Crippen LogP contribution in [-0.4, -0.2) is 88.6 Å². The molecule has 23 heteroatoms. The molecule has 4 heterocycles. The van der Waals surface area contributed by atoms with Gasteiger partial charge in [-0.3, -0.25) is 0 Å². The monoisotopic (exact) mass is 1130 g/mol. The topological polar surface area (TPSA) is 151 Å². The molecule has 4 saturated heterocycles. The molecule has 11 aliphatic rings. The first-order valence-electron chi connectivity index (χ1n) is 28.4. The van der Waals surface area contributed by atoms with Gasteiger partial charge in [-0.1, -0.05) is 151 Å². The third-order valence-corrected chi connectivity index (χ3v) is 60.7. The molecular weight excluding hydrogens is 1050 g/mol. The van der Waals surface area contributed by atoms with Crippen LogP contribution in [0.15, 0.2) is 60.7 Å². The van der Waals surface area contributed by atoms with Gasteiger partial charge in [0.1, 0.15) is 0 Å². The molecule has 14 nitrogen and oxygen atoms in total. The Kier molecular flexibility index (Phi) is 13.7. The van der Waals surface area contributed by atoms with E-state index in [4.69, 9.17) is 49.4 Å². The van der Waals surface area contributed by atoms with Gasteiger partial charge in [0.25, 0.3) is 0 Å². The molecule has 0 spiro atoms. The van der Waals surface area contributed by atoms with E-state index in [0.29, 0.717) is 0 Å². The van der Waals surface area contributed by atoms with E-state index in [1.807, 2.05) is 0 Å². The lowest BCUT2D eigenvalue weighted by Gasteiger charge is -2.64. The van der Waals surface area contributed by atoms with Crippen LogP contribution in [0.4, 0.5) is 0 Å². The Morgan fingerprint density at radius 1 is 0.338 bits per heavy atom. The average Bonchev–Trinajstić information content (AvgIpc) is 4.19. The van der Waals surface area contributed by atoms with Gasteiger partial charge >= 0.3 is 70.7 Å². The lowest BCUT2D eigenvalue weighted by molar-refractivity contribution is -0.0368. The summed E-state index contributed by atoms with van der Waals surface area (Å²) in [5.41, 5.74) is -1.22. The fourth-order valence-electron chi connectivity index (χ4n) is 15.4. The number of hydrogen-bond acceptors (Lipinski definition) is 14. The second-order valence-electron chi connectivity index (χ2n) is 23.6. The van der Waals surface area contributed by atoms with E-state index in [2.05, 4.69) is 67.2 Å². The van der Waals surface area contributed by atoms with Crippen molar-refractivity contribution in [2.24, 2.45) is 0 Å². The lowest BCUT2D eigenvalue weighted by atomic mass is 10.4. The smallest absolute Gasteiger partial charge is 0.408 e. The van der Waals surface area contributed by atoms with Crippen molar-refractivity contribution in [1.82, 2.24) is 0 Å². The van der Waals surface area contributed by atoms with Gasteiger partial charge in [-0.15, -0.1) is 0 Å². The molecule has 3 unspecified atom stereocenters. The van der Waals surface area contributed by atoms with Crippen molar-refractivity contribution >= 4 is 89.4 Å². The molecule has 2 aromatic carbocycles. The second kappa shape index (κ2) is 19.3. The largest absolute Gasteiger partial charge is 0.659 e. The van der Waals surface area contributed by atoms with Gasteiger partial charge in [0.15, 0.2) is 0 Å². The Labute approximate surface area is 431 Å². The summed E-state index contributed by atoms with van der Waals surface area (Å²) in [6, 6.07) is 21.6. The predicted molar refractivity (Wildman–Crippen MR) is 283 cm³/mol. The van der Waals surface area contributed by atoms with Crippen molar-refractivity contribution in [2.75, 3.05) is 0 Å². The summed E-state index contributed by atoms with van der Waals surface area (Å²) < 4.78 is 99.6. The van der Waals surface area contributed by atoms with Crippen molar-refractivity contribution in [3.63, 3.8) is 0 Å². The van der Waals surface area contributed by atoms with Crippen LogP contribution in [0.5, 0.6) is 0 Å². The van der Waals surface area contributed by atoms with Gasteiger partial charge in [0.2, 0.25) is 8.32 Å². The van der Waals surface area contributed by atoms with Crippen LogP contribution >= 0.6 is 0 Å². The average molecular weight is 1130 g/mol. The van der Waals surface area contributed by atoms with Crippen LogP contribution in [-0.2, 0) is 49.4 Å². The maximum atomic E-state index is 13.0. The molecule has 0 radical (unpaired) electrons. The van der Waals surface area contributed by atoms with Crippen molar-refractivity contribution in [3.8, 4) is 0 Å². The zero-order valence-corrected chi connectivity index (χ0v) is 50.9. The van der Waals surface area contributed by atoms with Gasteiger partial charge in [0, 0.05) is 38.8 Å². The summed E-state index contributed by atoms with van der Waals surface area (Å²) in [6.07, 6.45) is 25.3. The highest BCUT2D eigenvalue weighted by atomic mass is 28.6. The van der Waals surface area contributed by atoms with Gasteiger partial charge in [-0.05, 0) is 107 Å². The van der Waals surface area contributed by atoms with Gasteiger partial charge in [-0.2, -0.15) is 0 Å². The SMILES string of the molecule is C[Si](O[Si]1(C2CCCC2)O[Si@@]2(C3CCCC3)O[Si]3(C4CCCC4)O[Si]4(C5CCCC5)O[Si@@](C5CCCC5)(O[Si](O)(O)O[Si@@](C5CCCC5)(O4)O[Si@](C4CCCC4)(O1)O3)O2)(c1ccccc1)c1ccccc1. The summed E-state index contributed by atoms with van der Waals surface area (Å²) in [6.45, 7) is 2.33. The summed E-state index contributed by atoms with van der Waals surface area (Å²) in [4.78, 5) is 25.9. The Bertz CT molecular complexity index is 2080. The summed E-state index contributed by atoms with van der Waals surface area (Å²) in [5, 5.41) is 2.26. The van der Waals surface area contributed by atoms with Crippen LogP contribution in [0.3, 0.4) is 0 Å². The van der Waals surface area contributed by atoms with E-state index in [9.17, 15) is 9.59 Å². The Morgan fingerprint density at radius 3 is 0.831 bits per heavy atom. The van der Waals surface area contributed by atoms with Crippen LogP contribution in [0, 0.1) is 0 Å². The van der Waals surface area contributed by atoms with Crippen LogP contribution < -0.4 is 10.4 Å². The first-order valence-corrected chi connectivity index (χ1v) is 45.1. The number of hydrogen-bond donors (Lipinski definition) is 2. The quantitative estimate of drug-likeness (QED) is 0.205. The minimum Gasteiger partial charge on any atom is -0.408 e. The molecule has 7 aliphatic carbocycles. The number of rotatable bonds is 11. The molecule has 71 heavy (non-hydrogen) atoms. The number of benzene rings is 2. The molecule has 11 fully saturated rings. The fourth-order valence-corrected chi connectivity index (χ4v) is 71.6. The van der Waals surface area contributed by atoms with E-state index < -0.39 is 79.0 Å². The third kappa shape index (κ3) is 8.82. The van der Waals surface area contributed by atoms with E-state index in [-0.39, 0.29) is 38.8 Å².